The number of nitrogens with zero attached hydrogens (tertiary/aromatic N) is 3. The lowest BCUT2D eigenvalue weighted by molar-refractivity contribution is -0.159. The topological polar surface area (TPSA) is 114 Å². The van der Waals surface area contributed by atoms with Gasteiger partial charge in [-0.2, -0.15) is 0 Å². The van der Waals surface area contributed by atoms with E-state index in [1.165, 1.54) is 38.5 Å². The third-order valence-electron chi connectivity index (χ3n) is 4.94. The monoisotopic (exact) mass is 397 g/mol. The molecule has 2 aliphatic rings. The smallest absolute Gasteiger partial charge is 0.414 e. The van der Waals surface area contributed by atoms with Crippen LogP contribution in [0.25, 0.3) is 0 Å². The summed E-state index contributed by atoms with van der Waals surface area (Å²) in [6.07, 6.45) is 10.9. The summed E-state index contributed by atoms with van der Waals surface area (Å²) in [6.45, 7) is 5.85. The Labute approximate surface area is 165 Å². The van der Waals surface area contributed by atoms with Gasteiger partial charge in [0.25, 0.3) is 0 Å². The van der Waals surface area contributed by atoms with Crippen molar-refractivity contribution in [3.8, 4) is 5.88 Å². The van der Waals surface area contributed by atoms with Crippen LogP contribution >= 0.6 is 0 Å². The average Bonchev–Trinajstić information content (AvgIpc) is 3.18. The standard InChI is InChI=1S/C17H29N3O2.C2H2O4/c1-2-6-16(7-3-1)20-10-8-17(18-20)22-13-5-4-9-19-11-14-21-15-12-19;3-1(4)2(5)6/h8,10,16H,1-7,9,11-15H2;(H,3,4)(H,5,6). The molecule has 1 aliphatic carbocycles. The van der Waals surface area contributed by atoms with E-state index in [0.717, 1.165) is 51.8 Å². The number of ether oxygens (including phenoxy) is 2. The zero-order valence-electron chi connectivity index (χ0n) is 16.3. The van der Waals surface area contributed by atoms with E-state index >= 15 is 0 Å². The van der Waals surface area contributed by atoms with Gasteiger partial charge in [-0.15, -0.1) is 5.10 Å². The lowest BCUT2D eigenvalue weighted by Crippen LogP contribution is -2.36. The van der Waals surface area contributed by atoms with E-state index in [1.54, 1.807) is 0 Å². The fourth-order valence-corrected chi connectivity index (χ4v) is 3.39. The molecular formula is C19H31N3O6. The van der Waals surface area contributed by atoms with E-state index in [4.69, 9.17) is 29.3 Å². The number of aliphatic carboxylic acids is 2. The number of hydrogen-bond acceptors (Lipinski definition) is 6. The van der Waals surface area contributed by atoms with E-state index in [9.17, 15) is 0 Å². The Balaban J connectivity index is 0.000000409. The van der Waals surface area contributed by atoms with Gasteiger partial charge in [0.05, 0.1) is 25.9 Å². The number of carboxylic acids is 2. The molecule has 2 heterocycles. The molecule has 2 fully saturated rings. The van der Waals surface area contributed by atoms with Crippen molar-refractivity contribution >= 4 is 11.9 Å². The number of hydrogen-bond donors (Lipinski definition) is 2. The highest BCUT2D eigenvalue weighted by Gasteiger charge is 2.16. The predicted molar refractivity (Wildman–Crippen MR) is 102 cm³/mol. The number of carboxylic acid groups (broad SMARTS) is 2. The van der Waals surface area contributed by atoms with E-state index in [0.29, 0.717) is 6.04 Å². The molecule has 0 bridgehead atoms. The molecule has 9 nitrogen and oxygen atoms in total. The number of rotatable bonds is 7. The Bertz CT molecular complexity index is 582. The molecule has 1 aliphatic heterocycles. The van der Waals surface area contributed by atoms with Gasteiger partial charge in [0, 0.05) is 25.4 Å². The maximum Gasteiger partial charge on any atom is 0.414 e. The Morgan fingerprint density at radius 1 is 1.11 bits per heavy atom. The van der Waals surface area contributed by atoms with E-state index in [-0.39, 0.29) is 0 Å². The van der Waals surface area contributed by atoms with Crippen molar-refractivity contribution < 1.29 is 29.3 Å². The highest BCUT2D eigenvalue weighted by Crippen LogP contribution is 2.28. The van der Waals surface area contributed by atoms with Crippen LogP contribution in [0.2, 0.25) is 0 Å². The minimum Gasteiger partial charge on any atom is -0.477 e. The Morgan fingerprint density at radius 3 is 2.43 bits per heavy atom. The first-order valence-electron chi connectivity index (χ1n) is 10.0. The second-order valence-corrected chi connectivity index (χ2v) is 7.05. The summed E-state index contributed by atoms with van der Waals surface area (Å²) in [5.74, 6) is -2.86. The molecule has 1 aromatic heterocycles. The summed E-state index contributed by atoms with van der Waals surface area (Å²) in [5, 5.41) is 19.4. The van der Waals surface area contributed by atoms with Gasteiger partial charge in [-0.25, -0.2) is 9.59 Å². The van der Waals surface area contributed by atoms with Crippen LogP contribution in [0.4, 0.5) is 0 Å². The van der Waals surface area contributed by atoms with Gasteiger partial charge in [-0.3, -0.25) is 9.58 Å². The summed E-state index contributed by atoms with van der Waals surface area (Å²) in [5.41, 5.74) is 0. The molecule has 2 N–H and O–H groups in total. The summed E-state index contributed by atoms with van der Waals surface area (Å²) < 4.78 is 13.3. The molecule has 0 unspecified atom stereocenters. The molecule has 28 heavy (non-hydrogen) atoms. The number of morpholine rings is 1. The number of carbonyl (C=O) groups is 2. The third kappa shape index (κ3) is 8.26. The molecule has 9 heteroatoms. The van der Waals surface area contributed by atoms with Gasteiger partial charge in [0.15, 0.2) is 0 Å². The molecule has 158 valence electrons. The minimum atomic E-state index is -1.82. The van der Waals surface area contributed by atoms with Crippen molar-refractivity contribution in [2.75, 3.05) is 39.5 Å². The van der Waals surface area contributed by atoms with Crippen LogP contribution < -0.4 is 4.74 Å². The quantitative estimate of drug-likeness (QED) is 0.531. The van der Waals surface area contributed by atoms with Gasteiger partial charge in [-0.1, -0.05) is 19.3 Å². The first-order chi connectivity index (χ1) is 13.6. The molecule has 0 amide bonds. The molecule has 0 atom stereocenters. The number of unbranched alkanes of at least 4 members (excludes halogenated alkanes) is 1. The Hall–Kier alpha value is -2.13. The lowest BCUT2D eigenvalue weighted by Gasteiger charge is -2.26. The summed E-state index contributed by atoms with van der Waals surface area (Å²) in [6, 6.07) is 2.60. The van der Waals surface area contributed by atoms with Crippen molar-refractivity contribution in [1.29, 1.82) is 0 Å². The lowest BCUT2D eigenvalue weighted by atomic mass is 9.96. The molecule has 1 aromatic rings. The van der Waals surface area contributed by atoms with E-state index in [1.807, 2.05) is 6.07 Å². The van der Waals surface area contributed by atoms with Gasteiger partial charge in [0.2, 0.25) is 5.88 Å². The van der Waals surface area contributed by atoms with Crippen LogP contribution in [0.3, 0.4) is 0 Å². The van der Waals surface area contributed by atoms with Crippen LogP contribution in [0, 0.1) is 0 Å². The zero-order valence-corrected chi connectivity index (χ0v) is 16.3. The molecule has 1 saturated heterocycles. The molecule has 0 aromatic carbocycles. The van der Waals surface area contributed by atoms with Crippen molar-refractivity contribution in [3.05, 3.63) is 12.3 Å². The normalized spacial score (nSPS) is 18.1. The first-order valence-corrected chi connectivity index (χ1v) is 10.0. The van der Waals surface area contributed by atoms with Crippen molar-refractivity contribution in [2.45, 2.75) is 51.0 Å². The zero-order chi connectivity index (χ0) is 20.2. The maximum atomic E-state index is 9.10. The minimum absolute atomic E-state index is 0.590. The predicted octanol–water partition coefficient (Wildman–Crippen LogP) is 2.04. The molecule has 3 rings (SSSR count). The van der Waals surface area contributed by atoms with Gasteiger partial charge in [-0.05, 0) is 32.2 Å². The second-order valence-electron chi connectivity index (χ2n) is 7.05. The maximum absolute atomic E-state index is 9.10. The molecule has 0 radical (unpaired) electrons. The number of aromatic nitrogens is 2. The molecule has 1 saturated carbocycles. The highest BCUT2D eigenvalue weighted by atomic mass is 16.5. The van der Waals surface area contributed by atoms with E-state index < -0.39 is 11.9 Å². The largest absolute Gasteiger partial charge is 0.477 e. The van der Waals surface area contributed by atoms with Crippen LogP contribution in [0.5, 0.6) is 5.88 Å². The Morgan fingerprint density at radius 2 is 1.79 bits per heavy atom. The van der Waals surface area contributed by atoms with Crippen LogP contribution in [-0.2, 0) is 14.3 Å². The van der Waals surface area contributed by atoms with E-state index in [2.05, 4.69) is 20.9 Å². The van der Waals surface area contributed by atoms with Crippen molar-refractivity contribution in [3.63, 3.8) is 0 Å². The van der Waals surface area contributed by atoms with Crippen LogP contribution in [-0.4, -0.2) is 76.3 Å². The van der Waals surface area contributed by atoms with Crippen molar-refractivity contribution in [1.82, 2.24) is 14.7 Å². The fraction of sp³-hybridized carbons (Fsp3) is 0.737. The Kier molecular flexibility index (Phi) is 9.78. The highest BCUT2D eigenvalue weighted by molar-refractivity contribution is 6.27. The van der Waals surface area contributed by atoms with Crippen molar-refractivity contribution in [2.24, 2.45) is 0 Å². The van der Waals surface area contributed by atoms with Gasteiger partial charge < -0.3 is 19.7 Å². The first kappa shape index (κ1) is 22.2. The van der Waals surface area contributed by atoms with Gasteiger partial charge >= 0.3 is 11.9 Å². The fourth-order valence-electron chi connectivity index (χ4n) is 3.39. The third-order valence-corrected chi connectivity index (χ3v) is 4.94. The molecule has 0 spiro atoms. The molecular weight excluding hydrogens is 366 g/mol. The second kappa shape index (κ2) is 12.4. The van der Waals surface area contributed by atoms with Crippen LogP contribution in [0.1, 0.15) is 51.0 Å². The van der Waals surface area contributed by atoms with Crippen LogP contribution in [0.15, 0.2) is 12.3 Å². The SMILES string of the molecule is O=C(O)C(=O)O.c1cn(C2CCCCC2)nc1OCCCCN1CCOCC1. The van der Waals surface area contributed by atoms with Gasteiger partial charge in [0.1, 0.15) is 0 Å². The average molecular weight is 397 g/mol. The summed E-state index contributed by atoms with van der Waals surface area (Å²) in [7, 11) is 0. The summed E-state index contributed by atoms with van der Waals surface area (Å²) in [4.78, 5) is 20.7. The summed E-state index contributed by atoms with van der Waals surface area (Å²) >= 11 is 0.